The predicted molar refractivity (Wildman–Crippen MR) is 87.9 cm³/mol. The fraction of sp³-hybridized carbons (Fsp3) is 0.235. The first-order valence-corrected chi connectivity index (χ1v) is 7.55. The molecule has 0 saturated carbocycles. The zero-order valence-corrected chi connectivity index (χ0v) is 12.2. The van der Waals surface area contributed by atoms with Crippen LogP contribution in [-0.4, -0.2) is 41.1 Å². The Morgan fingerprint density at radius 2 is 1.68 bits per heavy atom. The number of para-hydroxylation sites is 1. The van der Waals surface area contributed by atoms with E-state index in [-0.39, 0.29) is 0 Å². The Balaban J connectivity index is 1.89. The van der Waals surface area contributed by atoms with Gasteiger partial charge in [-0.1, -0.05) is 12.1 Å². The number of fused-ring (bicyclic) bond motifs is 1. The third kappa shape index (κ3) is 2.40. The van der Waals surface area contributed by atoms with Gasteiger partial charge in [-0.15, -0.1) is 0 Å². The maximum absolute atomic E-state index is 4.85. The van der Waals surface area contributed by atoms with Crippen LogP contribution >= 0.6 is 0 Å². The maximum atomic E-state index is 4.85. The third-order valence-corrected chi connectivity index (χ3v) is 3.94. The van der Waals surface area contributed by atoms with Gasteiger partial charge in [0.1, 0.15) is 5.82 Å². The lowest BCUT2D eigenvalue weighted by Gasteiger charge is -2.29. The molecule has 0 amide bonds. The summed E-state index contributed by atoms with van der Waals surface area (Å²) < 4.78 is 0. The monoisotopic (exact) mass is 291 g/mol. The normalized spacial score (nSPS) is 15.2. The summed E-state index contributed by atoms with van der Waals surface area (Å²) in [6, 6.07) is 12.1. The number of hydrogen-bond acceptors (Lipinski definition) is 5. The molecule has 3 heterocycles. The van der Waals surface area contributed by atoms with Gasteiger partial charge in [-0.3, -0.25) is 4.98 Å². The van der Waals surface area contributed by atoms with E-state index in [1.165, 1.54) is 0 Å². The van der Waals surface area contributed by atoms with Crippen molar-refractivity contribution in [3.63, 3.8) is 0 Å². The van der Waals surface area contributed by atoms with Crippen molar-refractivity contribution in [1.82, 2.24) is 20.3 Å². The number of hydrogen-bond donors (Lipinski definition) is 1. The van der Waals surface area contributed by atoms with Crippen LogP contribution in [0.3, 0.4) is 0 Å². The summed E-state index contributed by atoms with van der Waals surface area (Å²) in [5.74, 6) is 1.79. The number of nitrogens with one attached hydrogen (secondary N) is 1. The highest BCUT2D eigenvalue weighted by molar-refractivity contribution is 5.91. The number of nitrogens with zero attached hydrogens (tertiary/aromatic N) is 4. The standard InChI is InChI=1S/C17H17N5/c1-2-4-15-14(3-1)17(22-11-9-19-10-12-22)21-16(20-15)13-5-7-18-8-6-13/h1-8,19H,9-12H2. The van der Waals surface area contributed by atoms with E-state index in [4.69, 9.17) is 9.97 Å². The quantitative estimate of drug-likeness (QED) is 0.783. The number of rotatable bonds is 2. The van der Waals surface area contributed by atoms with Crippen LogP contribution in [0.15, 0.2) is 48.8 Å². The molecule has 5 nitrogen and oxygen atoms in total. The van der Waals surface area contributed by atoms with E-state index in [9.17, 15) is 0 Å². The molecule has 1 saturated heterocycles. The van der Waals surface area contributed by atoms with Gasteiger partial charge in [0, 0.05) is 49.5 Å². The molecule has 0 radical (unpaired) electrons. The number of anilines is 1. The summed E-state index contributed by atoms with van der Waals surface area (Å²) in [7, 11) is 0. The van der Waals surface area contributed by atoms with E-state index in [1.54, 1.807) is 12.4 Å². The van der Waals surface area contributed by atoms with Crippen molar-refractivity contribution in [3.05, 3.63) is 48.8 Å². The molecule has 0 bridgehead atoms. The molecule has 1 aliphatic rings. The number of piperazine rings is 1. The molecular formula is C17H17N5. The first kappa shape index (κ1) is 13.2. The molecule has 0 aliphatic carbocycles. The molecule has 1 aliphatic heterocycles. The van der Waals surface area contributed by atoms with Crippen LogP contribution in [0.4, 0.5) is 5.82 Å². The molecule has 1 N–H and O–H groups in total. The Morgan fingerprint density at radius 3 is 2.50 bits per heavy atom. The molecule has 1 aromatic carbocycles. The summed E-state index contributed by atoms with van der Waals surface area (Å²) in [4.78, 5) is 16.0. The van der Waals surface area contributed by atoms with Crippen LogP contribution in [0.2, 0.25) is 0 Å². The average Bonchev–Trinajstić information content (AvgIpc) is 2.62. The minimum Gasteiger partial charge on any atom is -0.353 e. The Bertz CT molecular complexity index is 781. The van der Waals surface area contributed by atoms with Gasteiger partial charge < -0.3 is 10.2 Å². The fourth-order valence-corrected chi connectivity index (χ4v) is 2.81. The lowest BCUT2D eigenvalue weighted by molar-refractivity contribution is 0.586. The van der Waals surface area contributed by atoms with Crippen LogP contribution in [-0.2, 0) is 0 Å². The van der Waals surface area contributed by atoms with Gasteiger partial charge in [-0.05, 0) is 24.3 Å². The zero-order chi connectivity index (χ0) is 14.8. The molecule has 22 heavy (non-hydrogen) atoms. The Kier molecular flexibility index (Phi) is 3.40. The molecule has 5 heteroatoms. The second-order valence-corrected chi connectivity index (χ2v) is 5.36. The van der Waals surface area contributed by atoms with E-state index in [1.807, 2.05) is 30.3 Å². The molecule has 3 aromatic rings. The van der Waals surface area contributed by atoms with E-state index in [0.29, 0.717) is 0 Å². The van der Waals surface area contributed by atoms with Crippen molar-refractivity contribution < 1.29 is 0 Å². The Morgan fingerprint density at radius 1 is 0.909 bits per heavy atom. The van der Waals surface area contributed by atoms with Gasteiger partial charge >= 0.3 is 0 Å². The van der Waals surface area contributed by atoms with Crippen molar-refractivity contribution in [2.45, 2.75) is 0 Å². The van der Waals surface area contributed by atoms with Crippen molar-refractivity contribution >= 4 is 16.7 Å². The van der Waals surface area contributed by atoms with E-state index in [2.05, 4.69) is 21.3 Å². The lowest BCUT2D eigenvalue weighted by atomic mass is 10.2. The maximum Gasteiger partial charge on any atom is 0.162 e. The van der Waals surface area contributed by atoms with E-state index < -0.39 is 0 Å². The number of benzene rings is 1. The van der Waals surface area contributed by atoms with Gasteiger partial charge in [0.25, 0.3) is 0 Å². The molecule has 1 fully saturated rings. The molecular weight excluding hydrogens is 274 g/mol. The largest absolute Gasteiger partial charge is 0.353 e. The van der Waals surface area contributed by atoms with Crippen LogP contribution in [0.1, 0.15) is 0 Å². The van der Waals surface area contributed by atoms with Crippen molar-refractivity contribution in [1.29, 1.82) is 0 Å². The third-order valence-electron chi connectivity index (χ3n) is 3.94. The first-order valence-electron chi connectivity index (χ1n) is 7.55. The summed E-state index contributed by atoms with van der Waals surface area (Å²) >= 11 is 0. The summed E-state index contributed by atoms with van der Waals surface area (Å²) in [5.41, 5.74) is 1.98. The van der Waals surface area contributed by atoms with Gasteiger partial charge in [0.2, 0.25) is 0 Å². The molecule has 0 atom stereocenters. The number of pyridine rings is 1. The van der Waals surface area contributed by atoms with Crippen LogP contribution in [0.5, 0.6) is 0 Å². The van der Waals surface area contributed by atoms with Gasteiger partial charge in [0.05, 0.1) is 5.52 Å². The highest BCUT2D eigenvalue weighted by Crippen LogP contribution is 2.27. The second kappa shape index (κ2) is 5.69. The Hall–Kier alpha value is -2.53. The van der Waals surface area contributed by atoms with Crippen LogP contribution in [0.25, 0.3) is 22.3 Å². The van der Waals surface area contributed by atoms with E-state index in [0.717, 1.165) is 54.3 Å². The molecule has 4 rings (SSSR count). The fourth-order valence-electron chi connectivity index (χ4n) is 2.81. The predicted octanol–water partition coefficient (Wildman–Crippen LogP) is 2.10. The average molecular weight is 291 g/mol. The van der Waals surface area contributed by atoms with Crippen LogP contribution in [0, 0.1) is 0 Å². The van der Waals surface area contributed by atoms with Crippen molar-refractivity contribution in [2.24, 2.45) is 0 Å². The van der Waals surface area contributed by atoms with Gasteiger partial charge in [0.15, 0.2) is 5.82 Å². The minimum absolute atomic E-state index is 0.759. The highest BCUT2D eigenvalue weighted by Gasteiger charge is 2.17. The minimum atomic E-state index is 0.759. The summed E-state index contributed by atoms with van der Waals surface area (Å²) in [6.45, 7) is 3.92. The topological polar surface area (TPSA) is 53.9 Å². The van der Waals surface area contributed by atoms with Gasteiger partial charge in [-0.25, -0.2) is 9.97 Å². The summed E-state index contributed by atoms with van der Waals surface area (Å²) in [6.07, 6.45) is 3.55. The van der Waals surface area contributed by atoms with Crippen LogP contribution < -0.4 is 10.2 Å². The molecule has 110 valence electrons. The van der Waals surface area contributed by atoms with E-state index >= 15 is 0 Å². The highest BCUT2D eigenvalue weighted by atomic mass is 15.2. The van der Waals surface area contributed by atoms with Crippen molar-refractivity contribution in [2.75, 3.05) is 31.1 Å². The van der Waals surface area contributed by atoms with Gasteiger partial charge in [-0.2, -0.15) is 0 Å². The smallest absolute Gasteiger partial charge is 0.162 e. The van der Waals surface area contributed by atoms with Crippen molar-refractivity contribution in [3.8, 4) is 11.4 Å². The first-order chi connectivity index (χ1) is 10.9. The molecule has 0 unspecified atom stereocenters. The SMILES string of the molecule is c1ccc2c(N3CCNCC3)nc(-c3ccncc3)nc2c1. The molecule has 0 spiro atoms. The Labute approximate surface area is 129 Å². The lowest BCUT2D eigenvalue weighted by Crippen LogP contribution is -2.44. The number of aromatic nitrogens is 3. The second-order valence-electron chi connectivity index (χ2n) is 5.36. The summed E-state index contributed by atoms with van der Waals surface area (Å²) in [5, 5.41) is 4.50. The molecule has 2 aromatic heterocycles. The zero-order valence-electron chi connectivity index (χ0n) is 12.2.